The molecule has 0 amide bonds. The standard InChI is InChI=1S/C13H19FN2O/c1-16(13(9-15)6-7-17-10-13)8-11-2-4-12(14)5-3-11/h2-5H,6-10,15H2,1H3. The van der Waals surface area contributed by atoms with Gasteiger partial charge in [-0.2, -0.15) is 0 Å². The highest BCUT2D eigenvalue weighted by atomic mass is 19.1. The molecule has 1 fully saturated rings. The summed E-state index contributed by atoms with van der Waals surface area (Å²) in [6, 6.07) is 6.60. The molecule has 2 rings (SSSR count). The van der Waals surface area contributed by atoms with Gasteiger partial charge in [0.05, 0.1) is 12.1 Å². The molecule has 0 spiro atoms. The molecule has 1 atom stereocenters. The van der Waals surface area contributed by atoms with Gasteiger partial charge in [-0.25, -0.2) is 4.39 Å². The molecule has 1 aromatic rings. The normalized spacial score (nSPS) is 24.5. The van der Waals surface area contributed by atoms with Crippen molar-refractivity contribution >= 4 is 0 Å². The van der Waals surface area contributed by atoms with Crippen molar-refractivity contribution in [2.24, 2.45) is 5.73 Å². The van der Waals surface area contributed by atoms with Crippen molar-refractivity contribution in [2.75, 3.05) is 26.8 Å². The second kappa shape index (κ2) is 5.12. The van der Waals surface area contributed by atoms with Gasteiger partial charge in [0.2, 0.25) is 0 Å². The Morgan fingerprint density at radius 3 is 2.65 bits per heavy atom. The number of halogens is 1. The molecule has 1 aliphatic rings. The smallest absolute Gasteiger partial charge is 0.123 e. The lowest BCUT2D eigenvalue weighted by molar-refractivity contribution is 0.0882. The van der Waals surface area contributed by atoms with E-state index < -0.39 is 0 Å². The Bertz CT molecular complexity index is 360. The molecule has 1 unspecified atom stereocenters. The summed E-state index contributed by atoms with van der Waals surface area (Å²) < 4.78 is 18.3. The SMILES string of the molecule is CN(Cc1ccc(F)cc1)C1(CN)CCOC1. The van der Waals surface area contributed by atoms with E-state index in [0.29, 0.717) is 13.2 Å². The Morgan fingerprint density at radius 1 is 1.41 bits per heavy atom. The zero-order chi connectivity index (χ0) is 12.3. The van der Waals surface area contributed by atoms with E-state index in [4.69, 9.17) is 10.5 Å². The summed E-state index contributed by atoms with van der Waals surface area (Å²) in [6.07, 6.45) is 0.960. The zero-order valence-electron chi connectivity index (χ0n) is 10.2. The second-order valence-corrected chi connectivity index (χ2v) is 4.71. The van der Waals surface area contributed by atoms with Crippen molar-refractivity contribution in [3.8, 4) is 0 Å². The lowest BCUT2D eigenvalue weighted by Gasteiger charge is -2.36. The van der Waals surface area contributed by atoms with E-state index in [2.05, 4.69) is 4.90 Å². The van der Waals surface area contributed by atoms with Gasteiger partial charge in [0.25, 0.3) is 0 Å². The third-order valence-corrected chi connectivity index (χ3v) is 3.61. The van der Waals surface area contributed by atoms with Crippen LogP contribution < -0.4 is 5.73 Å². The Hall–Kier alpha value is -0.970. The lowest BCUT2D eigenvalue weighted by atomic mass is 9.96. The van der Waals surface area contributed by atoms with Crippen molar-refractivity contribution < 1.29 is 9.13 Å². The van der Waals surface area contributed by atoms with E-state index in [1.54, 1.807) is 0 Å². The monoisotopic (exact) mass is 238 g/mol. The first-order valence-corrected chi connectivity index (χ1v) is 5.90. The molecule has 3 nitrogen and oxygen atoms in total. The molecule has 0 aromatic heterocycles. The minimum absolute atomic E-state index is 0.0611. The molecule has 2 N–H and O–H groups in total. The van der Waals surface area contributed by atoms with Gasteiger partial charge in [-0.1, -0.05) is 12.1 Å². The molecule has 17 heavy (non-hydrogen) atoms. The van der Waals surface area contributed by atoms with E-state index in [0.717, 1.165) is 25.1 Å². The van der Waals surface area contributed by atoms with Gasteiger partial charge in [-0.3, -0.25) is 4.90 Å². The van der Waals surface area contributed by atoms with Crippen LogP contribution in [0, 0.1) is 5.82 Å². The molecule has 0 radical (unpaired) electrons. The van der Waals surface area contributed by atoms with E-state index >= 15 is 0 Å². The van der Waals surface area contributed by atoms with Crippen LogP contribution in [-0.4, -0.2) is 37.2 Å². The Morgan fingerprint density at radius 2 is 2.12 bits per heavy atom. The zero-order valence-corrected chi connectivity index (χ0v) is 10.2. The highest BCUT2D eigenvalue weighted by molar-refractivity contribution is 5.16. The number of nitrogens with zero attached hydrogens (tertiary/aromatic N) is 1. The van der Waals surface area contributed by atoms with Gasteiger partial charge in [-0.15, -0.1) is 0 Å². The van der Waals surface area contributed by atoms with Crippen molar-refractivity contribution in [3.63, 3.8) is 0 Å². The number of benzene rings is 1. The number of likely N-dealkylation sites (N-methyl/N-ethyl adjacent to an activating group) is 1. The fourth-order valence-electron chi connectivity index (χ4n) is 2.25. The number of hydrogen-bond donors (Lipinski definition) is 1. The fraction of sp³-hybridized carbons (Fsp3) is 0.538. The Kier molecular flexibility index (Phi) is 3.76. The number of nitrogens with two attached hydrogens (primary N) is 1. The predicted molar refractivity (Wildman–Crippen MR) is 65.1 cm³/mol. The maximum Gasteiger partial charge on any atom is 0.123 e. The minimum Gasteiger partial charge on any atom is -0.379 e. The van der Waals surface area contributed by atoms with Gasteiger partial charge in [0.1, 0.15) is 5.82 Å². The van der Waals surface area contributed by atoms with Crippen molar-refractivity contribution in [3.05, 3.63) is 35.6 Å². The van der Waals surface area contributed by atoms with Crippen LogP contribution in [0.15, 0.2) is 24.3 Å². The summed E-state index contributed by atoms with van der Waals surface area (Å²) in [7, 11) is 2.05. The van der Waals surface area contributed by atoms with Crippen molar-refractivity contribution in [1.82, 2.24) is 4.90 Å². The summed E-state index contributed by atoms with van der Waals surface area (Å²) in [5.41, 5.74) is 6.90. The van der Waals surface area contributed by atoms with Crippen LogP contribution in [-0.2, 0) is 11.3 Å². The summed E-state index contributed by atoms with van der Waals surface area (Å²) in [5.74, 6) is -0.200. The molecular formula is C13H19FN2O. The second-order valence-electron chi connectivity index (χ2n) is 4.71. The highest BCUT2D eigenvalue weighted by Gasteiger charge is 2.37. The van der Waals surface area contributed by atoms with E-state index in [-0.39, 0.29) is 11.4 Å². The highest BCUT2D eigenvalue weighted by Crippen LogP contribution is 2.25. The van der Waals surface area contributed by atoms with Crippen LogP contribution in [0.3, 0.4) is 0 Å². The molecule has 94 valence electrons. The Labute approximate surface area is 101 Å². The first-order chi connectivity index (χ1) is 8.16. The molecule has 0 aliphatic carbocycles. The minimum atomic E-state index is -0.200. The lowest BCUT2D eigenvalue weighted by Crippen LogP contribution is -2.52. The van der Waals surface area contributed by atoms with E-state index in [9.17, 15) is 4.39 Å². The molecule has 0 bridgehead atoms. The van der Waals surface area contributed by atoms with Crippen molar-refractivity contribution in [1.29, 1.82) is 0 Å². The van der Waals surface area contributed by atoms with Gasteiger partial charge >= 0.3 is 0 Å². The molecule has 1 heterocycles. The molecule has 4 heteroatoms. The summed E-state index contributed by atoms with van der Waals surface area (Å²) in [6.45, 7) is 2.80. The van der Waals surface area contributed by atoms with Crippen LogP contribution in [0.1, 0.15) is 12.0 Å². The predicted octanol–water partition coefficient (Wildman–Crippen LogP) is 1.38. The first-order valence-electron chi connectivity index (χ1n) is 5.90. The molecule has 1 aliphatic heterocycles. The van der Waals surface area contributed by atoms with Crippen molar-refractivity contribution in [2.45, 2.75) is 18.5 Å². The quantitative estimate of drug-likeness (QED) is 0.861. The van der Waals surface area contributed by atoms with E-state index in [1.165, 1.54) is 12.1 Å². The molecule has 1 saturated heterocycles. The molecular weight excluding hydrogens is 219 g/mol. The molecule has 1 aromatic carbocycles. The number of rotatable bonds is 4. The van der Waals surface area contributed by atoms with Crippen LogP contribution in [0.25, 0.3) is 0 Å². The van der Waals surface area contributed by atoms with Crippen LogP contribution in [0.2, 0.25) is 0 Å². The number of hydrogen-bond acceptors (Lipinski definition) is 3. The van der Waals surface area contributed by atoms with Gasteiger partial charge in [-0.05, 0) is 31.2 Å². The third kappa shape index (κ3) is 2.65. The van der Waals surface area contributed by atoms with Crippen LogP contribution in [0.5, 0.6) is 0 Å². The van der Waals surface area contributed by atoms with Gasteiger partial charge in [0.15, 0.2) is 0 Å². The largest absolute Gasteiger partial charge is 0.379 e. The summed E-state index contributed by atoms with van der Waals surface area (Å²) >= 11 is 0. The summed E-state index contributed by atoms with van der Waals surface area (Å²) in [5, 5.41) is 0. The van der Waals surface area contributed by atoms with Gasteiger partial charge in [0, 0.05) is 19.7 Å². The fourth-order valence-corrected chi connectivity index (χ4v) is 2.25. The van der Waals surface area contributed by atoms with Crippen LogP contribution in [0.4, 0.5) is 4.39 Å². The van der Waals surface area contributed by atoms with E-state index in [1.807, 2.05) is 19.2 Å². The summed E-state index contributed by atoms with van der Waals surface area (Å²) in [4.78, 5) is 2.22. The first kappa shape index (κ1) is 12.5. The third-order valence-electron chi connectivity index (χ3n) is 3.61. The van der Waals surface area contributed by atoms with Crippen LogP contribution >= 0.6 is 0 Å². The maximum absolute atomic E-state index is 12.8. The topological polar surface area (TPSA) is 38.5 Å². The molecule has 0 saturated carbocycles. The maximum atomic E-state index is 12.8. The Balaban J connectivity index is 2.05. The number of ether oxygens (including phenoxy) is 1. The van der Waals surface area contributed by atoms with Gasteiger partial charge < -0.3 is 10.5 Å². The average Bonchev–Trinajstić information content (AvgIpc) is 2.82. The average molecular weight is 238 g/mol.